The van der Waals surface area contributed by atoms with Gasteiger partial charge >= 0.3 is 0 Å². The van der Waals surface area contributed by atoms with Gasteiger partial charge in [-0.05, 0) is 53.8 Å². The van der Waals surface area contributed by atoms with E-state index in [9.17, 15) is 22.0 Å². The molecule has 0 radical (unpaired) electrons. The van der Waals surface area contributed by atoms with Crippen molar-refractivity contribution in [2.24, 2.45) is 0 Å². The first kappa shape index (κ1) is 22.4. The molecule has 0 atom stereocenters. The second-order valence-corrected chi connectivity index (χ2v) is 7.28. The number of benzene rings is 3. The van der Waals surface area contributed by atoms with Crippen molar-refractivity contribution in [3.05, 3.63) is 101 Å². The smallest absolute Gasteiger partial charge is 0.195 e. The van der Waals surface area contributed by atoms with E-state index in [4.69, 9.17) is 4.74 Å². The van der Waals surface area contributed by atoms with Crippen molar-refractivity contribution in [2.75, 3.05) is 13.7 Å². The van der Waals surface area contributed by atoms with E-state index in [1.807, 2.05) is 6.07 Å². The van der Waals surface area contributed by atoms with E-state index < -0.39 is 34.6 Å². The van der Waals surface area contributed by atoms with Gasteiger partial charge in [0.25, 0.3) is 0 Å². The molecule has 33 heavy (non-hydrogen) atoms. The summed E-state index contributed by atoms with van der Waals surface area (Å²) >= 11 is 0. The van der Waals surface area contributed by atoms with Crippen LogP contribution in [0.4, 0.5) is 22.0 Å². The highest BCUT2D eigenvalue weighted by Crippen LogP contribution is 2.25. The minimum absolute atomic E-state index is 0.0783. The summed E-state index contributed by atoms with van der Waals surface area (Å²) in [5, 5.41) is -0.0450. The fraction of sp³-hybridized carbons (Fsp3) is 0.115. The number of hydrogen-bond donors (Lipinski definition) is 0. The van der Waals surface area contributed by atoms with Crippen LogP contribution in [0.5, 0.6) is 0 Å². The normalized spacial score (nSPS) is 10.8. The van der Waals surface area contributed by atoms with Crippen molar-refractivity contribution in [1.29, 1.82) is 0 Å². The van der Waals surface area contributed by atoms with E-state index in [2.05, 4.69) is 16.8 Å². The number of aromatic nitrogens is 1. The number of rotatable bonds is 4. The first-order chi connectivity index (χ1) is 15.9. The van der Waals surface area contributed by atoms with Crippen LogP contribution < -0.4 is 0 Å². The summed E-state index contributed by atoms with van der Waals surface area (Å²) in [5.41, 5.74) is 1.39. The van der Waals surface area contributed by atoms with Crippen molar-refractivity contribution in [2.45, 2.75) is 6.42 Å². The quantitative estimate of drug-likeness (QED) is 0.209. The van der Waals surface area contributed by atoms with Crippen LogP contribution in [0.3, 0.4) is 0 Å². The summed E-state index contributed by atoms with van der Waals surface area (Å²) < 4.78 is 75.0. The van der Waals surface area contributed by atoms with Crippen molar-refractivity contribution in [1.82, 2.24) is 4.98 Å². The predicted molar refractivity (Wildman–Crippen MR) is 115 cm³/mol. The molecule has 7 heteroatoms. The fourth-order valence-corrected chi connectivity index (χ4v) is 3.32. The van der Waals surface area contributed by atoms with Gasteiger partial charge in [0, 0.05) is 29.8 Å². The van der Waals surface area contributed by atoms with Crippen molar-refractivity contribution < 1.29 is 26.7 Å². The van der Waals surface area contributed by atoms with Gasteiger partial charge in [-0.25, -0.2) is 22.0 Å². The van der Waals surface area contributed by atoms with Gasteiger partial charge in [-0.2, -0.15) is 0 Å². The van der Waals surface area contributed by atoms with Crippen LogP contribution in [-0.2, 0) is 11.2 Å². The van der Waals surface area contributed by atoms with E-state index in [0.29, 0.717) is 18.7 Å². The number of nitrogens with zero attached hydrogens (tertiary/aromatic N) is 1. The first-order valence-corrected chi connectivity index (χ1v) is 9.90. The summed E-state index contributed by atoms with van der Waals surface area (Å²) in [6.07, 6.45) is 2.29. The average molecular weight is 453 g/mol. The Morgan fingerprint density at radius 2 is 1.58 bits per heavy atom. The van der Waals surface area contributed by atoms with E-state index in [-0.39, 0.29) is 21.9 Å². The minimum Gasteiger partial charge on any atom is -0.384 e. The Labute approximate surface area is 186 Å². The maximum absolute atomic E-state index is 14.6. The largest absolute Gasteiger partial charge is 0.384 e. The fourth-order valence-electron chi connectivity index (χ4n) is 3.32. The summed E-state index contributed by atoms with van der Waals surface area (Å²) in [5.74, 6) is -0.957. The van der Waals surface area contributed by atoms with Gasteiger partial charge in [-0.15, -0.1) is 0 Å². The lowest BCUT2D eigenvalue weighted by Gasteiger charge is -2.06. The lowest BCUT2D eigenvalue weighted by Crippen LogP contribution is -1.97. The molecule has 4 aromatic rings. The zero-order chi connectivity index (χ0) is 23.5. The second kappa shape index (κ2) is 9.39. The molecule has 3 aromatic carbocycles. The number of halogens is 5. The van der Waals surface area contributed by atoms with Crippen LogP contribution in [0.2, 0.25) is 0 Å². The van der Waals surface area contributed by atoms with Gasteiger partial charge in [0.05, 0.1) is 17.9 Å². The molecule has 1 aromatic heterocycles. The van der Waals surface area contributed by atoms with Gasteiger partial charge in [-0.3, -0.25) is 4.98 Å². The molecule has 0 aliphatic rings. The molecule has 0 spiro atoms. The molecular weight excluding hydrogens is 437 g/mol. The van der Waals surface area contributed by atoms with Gasteiger partial charge in [0.2, 0.25) is 0 Å². The van der Waals surface area contributed by atoms with Gasteiger partial charge < -0.3 is 4.74 Å². The second-order valence-electron chi connectivity index (χ2n) is 7.28. The molecule has 166 valence electrons. The molecule has 0 bridgehead atoms. The number of ether oxygens (including phenoxy) is 1. The lowest BCUT2D eigenvalue weighted by atomic mass is 10.0. The number of pyridine rings is 1. The van der Waals surface area contributed by atoms with E-state index >= 15 is 0 Å². The Balaban J connectivity index is 1.63. The van der Waals surface area contributed by atoms with Crippen molar-refractivity contribution in [3.8, 4) is 23.1 Å². The zero-order valence-electron chi connectivity index (χ0n) is 17.4. The van der Waals surface area contributed by atoms with Gasteiger partial charge in [-0.1, -0.05) is 24.0 Å². The molecule has 0 aliphatic carbocycles. The Kier molecular flexibility index (Phi) is 6.38. The topological polar surface area (TPSA) is 22.1 Å². The molecule has 2 nitrogen and oxygen atoms in total. The van der Waals surface area contributed by atoms with Crippen LogP contribution >= 0.6 is 0 Å². The Hall–Kier alpha value is -3.76. The Morgan fingerprint density at radius 1 is 0.818 bits per heavy atom. The molecule has 0 fully saturated rings. The molecule has 0 amide bonds. The molecule has 0 unspecified atom stereocenters. The summed E-state index contributed by atoms with van der Waals surface area (Å²) in [7, 11) is 1.60. The van der Waals surface area contributed by atoms with E-state index in [0.717, 1.165) is 23.8 Å². The number of hydrogen-bond acceptors (Lipinski definition) is 2. The Bertz CT molecular complexity index is 1380. The highest BCUT2D eigenvalue weighted by atomic mass is 19.2. The maximum Gasteiger partial charge on any atom is 0.195 e. The van der Waals surface area contributed by atoms with Crippen molar-refractivity contribution in [3.63, 3.8) is 0 Å². The van der Waals surface area contributed by atoms with Crippen LogP contribution in [-0.4, -0.2) is 18.7 Å². The predicted octanol–water partition coefficient (Wildman–Crippen LogP) is 6.19. The highest BCUT2D eigenvalue weighted by molar-refractivity contribution is 5.84. The highest BCUT2D eigenvalue weighted by Gasteiger charge is 2.14. The van der Waals surface area contributed by atoms with E-state index in [1.54, 1.807) is 19.4 Å². The maximum atomic E-state index is 14.6. The molecule has 1 heterocycles. The van der Waals surface area contributed by atoms with E-state index in [1.165, 1.54) is 18.2 Å². The van der Waals surface area contributed by atoms with Crippen LogP contribution in [0.25, 0.3) is 22.0 Å². The van der Waals surface area contributed by atoms with Crippen LogP contribution in [0, 0.1) is 40.9 Å². The molecule has 0 saturated heterocycles. The van der Waals surface area contributed by atoms with Crippen LogP contribution in [0.1, 0.15) is 16.7 Å². The molecule has 0 saturated carbocycles. The monoisotopic (exact) mass is 453 g/mol. The van der Waals surface area contributed by atoms with Crippen LogP contribution in [0.15, 0.2) is 54.7 Å². The first-order valence-electron chi connectivity index (χ1n) is 9.90. The summed E-state index contributed by atoms with van der Waals surface area (Å²) in [6.45, 7) is 0.537. The third kappa shape index (κ3) is 4.71. The molecule has 4 rings (SSSR count). The Morgan fingerprint density at radius 3 is 2.24 bits per heavy atom. The molecule has 0 aliphatic heterocycles. The SMILES string of the molecule is COCCc1ccc(-c2cc(F)c(C#Cc3ccc4c(F)c(F)c(F)cc4c3)c(F)c2)nc1. The number of fused-ring (bicyclic) bond motifs is 1. The standard InChI is InChI=1S/C26H16F5NO/c1-33-9-8-16-4-7-24(32-14-16)18-12-21(27)20(22(28)13-18)6-3-15-2-5-19-17(10-15)11-23(29)26(31)25(19)30/h2,4-5,7,10-14H,8-9H2,1H3. The van der Waals surface area contributed by atoms with Crippen molar-refractivity contribution >= 4 is 10.8 Å². The third-order valence-corrected chi connectivity index (χ3v) is 5.06. The summed E-state index contributed by atoms with van der Waals surface area (Å²) in [6, 6.07) is 10.5. The zero-order valence-corrected chi connectivity index (χ0v) is 17.4. The minimum atomic E-state index is -1.57. The molecule has 0 N–H and O–H groups in total. The number of methoxy groups -OCH3 is 1. The third-order valence-electron chi connectivity index (χ3n) is 5.06. The lowest BCUT2D eigenvalue weighted by molar-refractivity contribution is 0.202. The molecular formula is C26H16F5NO. The van der Waals surface area contributed by atoms with Gasteiger partial charge in [0.15, 0.2) is 17.5 Å². The average Bonchev–Trinajstić information content (AvgIpc) is 2.81. The van der Waals surface area contributed by atoms with Gasteiger partial charge in [0.1, 0.15) is 11.6 Å². The summed E-state index contributed by atoms with van der Waals surface area (Å²) in [4.78, 5) is 4.24.